The Morgan fingerprint density at radius 2 is 1.69 bits per heavy atom. The molecular weight excluding hydrogens is 510 g/mol. The van der Waals surface area contributed by atoms with E-state index in [0.717, 1.165) is 29.8 Å². The number of aryl methyl sites for hydroxylation is 2. The van der Waals surface area contributed by atoms with E-state index in [0.29, 0.717) is 47.9 Å². The van der Waals surface area contributed by atoms with E-state index < -0.39 is 0 Å². The lowest BCUT2D eigenvalue weighted by Crippen LogP contribution is -2.35. The summed E-state index contributed by atoms with van der Waals surface area (Å²) in [5.74, 6) is 0.0346. The molecule has 206 valence electrons. The van der Waals surface area contributed by atoms with Gasteiger partial charge in [-0.1, -0.05) is 66.6 Å². The van der Waals surface area contributed by atoms with Crippen molar-refractivity contribution in [1.29, 1.82) is 0 Å². The van der Waals surface area contributed by atoms with Crippen LogP contribution in [-0.2, 0) is 6.54 Å². The third-order valence-corrected chi connectivity index (χ3v) is 7.64. The van der Waals surface area contributed by atoms with Crippen LogP contribution in [0.5, 0.6) is 0 Å². The SMILES string of the molecule is Cc1ccc(C(=O)N(CCCN(C)C)CCC(C)c2cc3c(Cl)c(C)nn3c(=O)n2Cc2ccccc2)cc1. The molecule has 0 saturated carbocycles. The maximum absolute atomic E-state index is 13.6. The van der Waals surface area contributed by atoms with Gasteiger partial charge in [0, 0.05) is 24.3 Å². The molecule has 4 rings (SSSR count). The number of rotatable bonds is 11. The van der Waals surface area contributed by atoms with Gasteiger partial charge in [-0.15, -0.1) is 0 Å². The summed E-state index contributed by atoms with van der Waals surface area (Å²) in [6.07, 6.45) is 1.59. The molecule has 4 aromatic rings. The Morgan fingerprint density at radius 1 is 1.00 bits per heavy atom. The van der Waals surface area contributed by atoms with Crippen molar-refractivity contribution in [1.82, 2.24) is 24.0 Å². The van der Waals surface area contributed by atoms with E-state index in [1.165, 1.54) is 4.52 Å². The summed E-state index contributed by atoms with van der Waals surface area (Å²) in [6, 6.07) is 19.7. The molecule has 0 spiro atoms. The second-order valence-electron chi connectivity index (χ2n) is 10.6. The van der Waals surface area contributed by atoms with Gasteiger partial charge in [0.2, 0.25) is 0 Å². The van der Waals surface area contributed by atoms with E-state index in [4.69, 9.17) is 11.6 Å². The van der Waals surface area contributed by atoms with Crippen LogP contribution < -0.4 is 5.69 Å². The molecule has 1 atom stereocenters. The summed E-state index contributed by atoms with van der Waals surface area (Å²) >= 11 is 6.55. The number of aromatic nitrogens is 3. The molecule has 2 aromatic heterocycles. The number of fused-ring (bicyclic) bond motifs is 1. The smallest absolute Gasteiger partial charge is 0.339 e. The minimum atomic E-state index is -0.216. The van der Waals surface area contributed by atoms with Crippen LogP contribution in [-0.4, -0.2) is 63.6 Å². The maximum atomic E-state index is 13.6. The van der Waals surface area contributed by atoms with Crippen LogP contribution in [0.3, 0.4) is 0 Å². The molecule has 0 saturated heterocycles. The normalized spacial score (nSPS) is 12.3. The first-order chi connectivity index (χ1) is 18.7. The van der Waals surface area contributed by atoms with Crippen molar-refractivity contribution < 1.29 is 4.79 Å². The van der Waals surface area contributed by atoms with Crippen LogP contribution in [0.2, 0.25) is 5.02 Å². The summed E-state index contributed by atoms with van der Waals surface area (Å²) in [6.45, 7) is 8.52. The summed E-state index contributed by atoms with van der Waals surface area (Å²) in [4.78, 5) is 31.2. The number of carbonyl (C=O) groups is 1. The van der Waals surface area contributed by atoms with E-state index in [9.17, 15) is 9.59 Å². The lowest BCUT2D eigenvalue weighted by Gasteiger charge is -2.26. The predicted octanol–water partition coefficient (Wildman–Crippen LogP) is 5.40. The topological polar surface area (TPSA) is 62.9 Å². The molecule has 0 aliphatic carbocycles. The van der Waals surface area contributed by atoms with Gasteiger partial charge in [-0.3, -0.25) is 9.36 Å². The lowest BCUT2D eigenvalue weighted by atomic mass is 10.0. The van der Waals surface area contributed by atoms with Crippen molar-refractivity contribution in [3.63, 3.8) is 0 Å². The molecule has 1 unspecified atom stereocenters. The zero-order valence-corrected chi connectivity index (χ0v) is 24.3. The van der Waals surface area contributed by atoms with Gasteiger partial charge in [-0.25, -0.2) is 4.79 Å². The average Bonchev–Trinajstić information content (AvgIpc) is 3.21. The minimum absolute atomic E-state index is 0.000137. The summed E-state index contributed by atoms with van der Waals surface area (Å²) in [5.41, 5.74) is 4.76. The second kappa shape index (κ2) is 12.6. The fourth-order valence-electron chi connectivity index (χ4n) is 4.84. The zero-order chi connectivity index (χ0) is 28.1. The van der Waals surface area contributed by atoms with Crippen molar-refractivity contribution in [2.24, 2.45) is 0 Å². The first-order valence-electron chi connectivity index (χ1n) is 13.5. The summed E-state index contributed by atoms with van der Waals surface area (Å²) < 4.78 is 3.18. The highest BCUT2D eigenvalue weighted by atomic mass is 35.5. The van der Waals surface area contributed by atoms with Crippen molar-refractivity contribution in [2.45, 2.75) is 46.1 Å². The van der Waals surface area contributed by atoms with Crippen LogP contribution in [0.25, 0.3) is 5.52 Å². The van der Waals surface area contributed by atoms with E-state index in [-0.39, 0.29) is 17.5 Å². The second-order valence-corrected chi connectivity index (χ2v) is 11.0. The molecule has 1 amide bonds. The number of halogens is 1. The van der Waals surface area contributed by atoms with Crippen molar-refractivity contribution >= 4 is 23.0 Å². The van der Waals surface area contributed by atoms with Gasteiger partial charge in [0.15, 0.2) is 0 Å². The van der Waals surface area contributed by atoms with E-state index in [2.05, 4.69) is 16.9 Å². The van der Waals surface area contributed by atoms with Crippen molar-refractivity contribution in [3.05, 3.63) is 104 Å². The standard InChI is InChI=1S/C31H38ClN5O2/c1-22-12-14-26(15-13-22)30(38)35(18-9-17-34(4)5)19-16-23(2)27-20-28-29(32)24(3)33-37(28)31(39)36(27)21-25-10-7-6-8-11-25/h6-8,10-15,20,23H,9,16-19,21H2,1-5H3. The molecule has 0 bridgehead atoms. The molecule has 0 aliphatic rings. The molecule has 0 aliphatic heterocycles. The lowest BCUT2D eigenvalue weighted by molar-refractivity contribution is 0.0745. The predicted molar refractivity (Wildman–Crippen MR) is 158 cm³/mol. The summed E-state index contributed by atoms with van der Waals surface area (Å²) in [5, 5.41) is 4.89. The fourth-order valence-corrected chi connectivity index (χ4v) is 5.01. The van der Waals surface area contributed by atoms with Crippen LogP contribution in [0.4, 0.5) is 0 Å². The van der Waals surface area contributed by atoms with Crippen molar-refractivity contribution in [3.8, 4) is 0 Å². The monoisotopic (exact) mass is 547 g/mol. The number of carbonyl (C=O) groups excluding carboxylic acids is 1. The molecule has 0 radical (unpaired) electrons. The number of hydrogen-bond acceptors (Lipinski definition) is 4. The first-order valence-corrected chi connectivity index (χ1v) is 13.9. The molecule has 8 heteroatoms. The van der Waals surface area contributed by atoms with E-state index in [1.54, 1.807) is 4.57 Å². The van der Waals surface area contributed by atoms with Crippen LogP contribution in [0.15, 0.2) is 65.5 Å². The highest BCUT2D eigenvalue weighted by Crippen LogP contribution is 2.26. The molecule has 0 N–H and O–H groups in total. The highest BCUT2D eigenvalue weighted by Gasteiger charge is 2.22. The molecule has 2 heterocycles. The Hall–Kier alpha value is -3.42. The summed E-state index contributed by atoms with van der Waals surface area (Å²) in [7, 11) is 4.08. The van der Waals surface area contributed by atoms with Crippen LogP contribution in [0, 0.1) is 13.8 Å². The number of benzene rings is 2. The molecule has 0 fully saturated rings. The Balaban J connectivity index is 1.63. The number of amides is 1. The number of hydrogen-bond donors (Lipinski definition) is 0. The number of nitrogens with zero attached hydrogens (tertiary/aromatic N) is 5. The minimum Gasteiger partial charge on any atom is -0.339 e. The Morgan fingerprint density at radius 3 is 2.36 bits per heavy atom. The van der Waals surface area contributed by atoms with Crippen molar-refractivity contribution in [2.75, 3.05) is 33.7 Å². The van der Waals surface area contributed by atoms with Gasteiger partial charge >= 0.3 is 5.69 Å². The van der Waals surface area contributed by atoms with Gasteiger partial charge in [-0.05, 0) is 77.0 Å². The third kappa shape index (κ3) is 6.78. The molecular formula is C31H38ClN5O2. The Labute approximate surface area is 235 Å². The Bertz CT molecular complexity index is 1480. The van der Waals surface area contributed by atoms with Gasteiger partial charge in [0.25, 0.3) is 5.91 Å². The third-order valence-electron chi connectivity index (χ3n) is 7.17. The van der Waals surface area contributed by atoms with Gasteiger partial charge in [0.1, 0.15) is 0 Å². The van der Waals surface area contributed by atoms with Gasteiger partial charge in [0.05, 0.1) is 22.8 Å². The highest BCUT2D eigenvalue weighted by molar-refractivity contribution is 6.34. The van der Waals surface area contributed by atoms with Gasteiger partial charge in [-0.2, -0.15) is 9.61 Å². The van der Waals surface area contributed by atoms with Gasteiger partial charge < -0.3 is 9.80 Å². The van der Waals surface area contributed by atoms with Crippen LogP contribution in [0.1, 0.15) is 58.6 Å². The van der Waals surface area contributed by atoms with E-state index >= 15 is 0 Å². The fraction of sp³-hybridized carbons (Fsp3) is 0.387. The molecule has 2 aromatic carbocycles. The quantitative estimate of drug-likeness (QED) is 0.252. The van der Waals surface area contributed by atoms with Crippen LogP contribution >= 0.6 is 11.6 Å². The first kappa shape index (κ1) is 28.6. The maximum Gasteiger partial charge on any atom is 0.349 e. The average molecular weight is 548 g/mol. The Kier molecular flexibility index (Phi) is 9.25. The molecule has 7 nitrogen and oxygen atoms in total. The molecule has 39 heavy (non-hydrogen) atoms. The zero-order valence-electron chi connectivity index (χ0n) is 23.5. The van der Waals surface area contributed by atoms with E-state index in [1.807, 2.05) is 93.5 Å². The largest absolute Gasteiger partial charge is 0.349 e.